The monoisotopic (exact) mass is 310 g/mol. The molecule has 0 aliphatic heterocycles. The Balaban J connectivity index is 1.72. The highest BCUT2D eigenvalue weighted by atomic mass is 16.2. The minimum absolute atomic E-state index is 0.123. The predicted octanol–water partition coefficient (Wildman–Crippen LogP) is 4.74. The van der Waals surface area contributed by atoms with E-state index in [1.54, 1.807) is 0 Å². The zero-order valence-corrected chi connectivity index (χ0v) is 14.2. The van der Waals surface area contributed by atoms with Crippen molar-refractivity contribution < 1.29 is 4.79 Å². The minimum Gasteiger partial charge on any atom is -0.338 e. The number of nitrogens with one attached hydrogen (secondary N) is 2. The molecule has 2 rings (SSSR count). The number of hydrogen-bond acceptors (Lipinski definition) is 1. The van der Waals surface area contributed by atoms with Gasteiger partial charge in [0.1, 0.15) is 0 Å². The van der Waals surface area contributed by atoms with Gasteiger partial charge in [-0.15, -0.1) is 0 Å². The maximum atomic E-state index is 11.9. The summed E-state index contributed by atoms with van der Waals surface area (Å²) in [4.78, 5) is 11.9. The van der Waals surface area contributed by atoms with E-state index in [9.17, 15) is 4.79 Å². The van der Waals surface area contributed by atoms with Crippen molar-refractivity contribution in [2.45, 2.75) is 39.0 Å². The molecule has 0 unspecified atom stereocenters. The van der Waals surface area contributed by atoms with E-state index in [4.69, 9.17) is 0 Å². The van der Waals surface area contributed by atoms with Crippen LogP contribution in [0.1, 0.15) is 38.3 Å². The van der Waals surface area contributed by atoms with E-state index in [2.05, 4.69) is 55.7 Å². The lowest BCUT2D eigenvalue weighted by Gasteiger charge is -2.19. The number of benzene rings is 2. The molecule has 3 nitrogen and oxygen atoms in total. The lowest BCUT2D eigenvalue weighted by Crippen LogP contribution is -2.29. The normalized spacial score (nSPS) is 11.1. The number of carbonyl (C=O) groups excluding carboxylic acids is 1. The van der Waals surface area contributed by atoms with E-state index in [1.807, 2.05) is 30.3 Å². The molecule has 0 saturated carbocycles. The Hall–Kier alpha value is -2.29. The third-order valence-electron chi connectivity index (χ3n) is 3.78. The molecule has 0 radical (unpaired) electrons. The lowest BCUT2D eigenvalue weighted by atomic mass is 9.87. The zero-order valence-electron chi connectivity index (χ0n) is 14.2. The topological polar surface area (TPSA) is 41.1 Å². The maximum absolute atomic E-state index is 11.9. The second kappa shape index (κ2) is 7.82. The zero-order chi connectivity index (χ0) is 16.7. The van der Waals surface area contributed by atoms with Crippen molar-refractivity contribution in [3.63, 3.8) is 0 Å². The molecule has 122 valence electrons. The molecule has 0 saturated heterocycles. The fraction of sp³-hybridized carbons (Fsp3) is 0.350. The Morgan fingerprint density at radius 3 is 2.22 bits per heavy atom. The highest BCUT2D eigenvalue weighted by molar-refractivity contribution is 5.89. The van der Waals surface area contributed by atoms with Gasteiger partial charge in [0, 0.05) is 12.2 Å². The Kier molecular flexibility index (Phi) is 5.80. The van der Waals surface area contributed by atoms with Gasteiger partial charge < -0.3 is 10.6 Å². The number of aryl methyl sites for hydroxylation is 1. The number of amides is 2. The third-order valence-corrected chi connectivity index (χ3v) is 3.78. The van der Waals surface area contributed by atoms with Gasteiger partial charge in [0.15, 0.2) is 0 Å². The highest BCUT2D eigenvalue weighted by Gasteiger charge is 2.13. The number of hydrogen-bond donors (Lipinski definition) is 2. The maximum Gasteiger partial charge on any atom is 0.319 e. The van der Waals surface area contributed by atoms with Gasteiger partial charge in [-0.25, -0.2) is 4.79 Å². The Labute approximate surface area is 139 Å². The average molecular weight is 310 g/mol. The van der Waals surface area contributed by atoms with Crippen LogP contribution >= 0.6 is 0 Å². The minimum atomic E-state index is -0.151. The van der Waals surface area contributed by atoms with E-state index >= 15 is 0 Å². The summed E-state index contributed by atoms with van der Waals surface area (Å²) in [6.07, 6.45) is 1.90. The van der Waals surface area contributed by atoms with Crippen LogP contribution in [0.3, 0.4) is 0 Å². The molecule has 0 bridgehead atoms. The lowest BCUT2D eigenvalue weighted by molar-refractivity contribution is 0.252. The van der Waals surface area contributed by atoms with Crippen molar-refractivity contribution >= 4 is 11.7 Å². The Morgan fingerprint density at radius 1 is 0.957 bits per heavy atom. The number of urea groups is 1. The summed E-state index contributed by atoms with van der Waals surface area (Å²) in [7, 11) is 0. The molecular weight excluding hydrogens is 284 g/mol. The summed E-state index contributed by atoms with van der Waals surface area (Å²) in [6.45, 7) is 7.19. The summed E-state index contributed by atoms with van der Waals surface area (Å²) in [5.41, 5.74) is 3.50. The van der Waals surface area contributed by atoms with E-state index < -0.39 is 0 Å². The quantitative estimate of drug-likeness (QED) is 0.770. The summed E-state index contributed by atoms with van der Waals surface area (Å²) in [6, 6.07) is 18.2. The van der Waals surface area contributed by atoms with Crippen molar-refractivity contribution in [1.29, 1.82) is 0 Å². The largest absolute Gasteiger partial charge is 0.338 e. The summed E-state index contributed by atoms with van der Waals surface area (Å²) >= 11 is 0. The molecule has 0 heterocycles. The first-order chi connectivity index (χ1) is 10.9. The van der Waals surface area contributed by atoms with Crippen molar-refractivity contribution in [3.8, 4) is 0 Å². The fourth-order valence-electron chi connectivity index (χ4n) is 2.37. The molecule has 3 heteroatoms. The summed E-state index contributed by atoms with van der Waals surface area (Å²) < 4.78 is 0. The van der Waals surface area contributed by atoms with E-state index in [0.717, 1.165) is 18.5 Å². The molecule has 2 aromatic rings. The number of anilines is 1. The van der Waals surface area contributed by atoms with Crippen LogP contribution in [0.5, 0.6) is 0 Å². The molecule has 0 fully saturated rings. The van der Waals surface area contributed by atoms with Crippen LogP contribution in [-0.4, -0.2) is 12.6 Å². The van der Waals surface area contributed by atoms with Crippen LogP contribution in [-0.2, 0) is 11.8 Å². The van der Waals surface area contributed by atoms with Gasteiger partial charge in [-0.3, -0.25) is 0 Å². The van der Waals surface area contributed by atoms with Gasteiger partial charge in [0.25, 0.3) is 0 Å². The Bertz CT molecular complexity index is 612. The van der Waals surface area contributed by atoms with Crippen LogP contribution in [0, 0.1) is 0 Å². The standard InChI is InChI=1S/C20H26N2O/c1-20(2,3)17-11-13-18(14-12-17)22-19(23)21-15-7-10-16-8-5-4-6-9-16/h4-6,8-9,11-14H,7,10,15H2,1-3H3,(H2,21,22,23). The van der Waals surface area contributed by atoms with E-state index in [1.165, 1.54) is 11.1 Å². The van der Waals surface area contributed by atoms with Gasteiger partial charge in [-0.05, 0) is 41.5 Å². The second-order valence-corrected chi connectivity index (χ2v) is 6.80. The molecule has 0 aliphatic rings. The Morgan fingerprint density at radius 2 is 1.61 bits per heavy atom. The molecule has 23 heavy (non-hydrogen) atoms. The number of rotatable bonds is 5. The van der Waals surface area contributed by atoms with Crippen molar-refractivity contribution in [2.24, 2.45) is 0 Å². The number of carbonyl (C=O) groups is 1. The highest BCUT2D eigenvalue weighted by Crippen LogP contribution is 2.23. The molecule has 0 atom stereocenters. The first-order valence-corrected chi connectivity index (χ1v) is 8.14. The van der Waals surface area contributed by atoms with Crippen molar-refractivity contribution in [2.75, 3.05) is 11.9 Å². The first-order valence-electron chi connectivity index (χ1n) is 8.14. The van der Waals surface area contributed by atoms with Crippen LogP contribution in [0.25, 0.3) is 0 Å². The fourth-order valence-corrected chi connectivity index (χ4v) is 2.37. The molecule has 2 amide bonds. The van der Waals surface area contributed by atoms with E-state index in [0.29, 0.717) is 6.54 Å². The van der Waals surface area contributed by atoms with Gasteiger partial charge in [0.2, 0.25) is 0 Å². The summed E-state index contributed by atoms with van der Waals surface area (Å²) in [5.74, 6) is 0. The SMILES string of the molecule is CC(C)(C)c1ccc(NC(=O)NCCCc2ccccc2)cc1. The average Bonchev–Trinajstić information content (AvgIpc) is 2.52. The molecule has 2 N–H and O–H groups in total. The van der Waals surface area contributed by atoms with Gasteiger partial charge in [-0.1, -0.05) is 63.2 Å². The molecule has 0 spiro atoms. The van der Waals surface area contributed by atoms with Crippen LogP contribution < -0.4 is 10.6 Å². The van der Waals surface area contributed by atoms with Crippen LogP contribution in [0.15, 0.2) is 54.6 Å². The second-order valence-electron chi connectivity index (χ2n) is 6.80. The van der Waals surface area contributed by atoms with Crippen molar-refractivity contribution in [1.82, 2.24) is 5.32 Å². The molecule has 0 aromatic heterocycles. The third kappa shape index (κ3) is 5.78. The van der Waals surface area contributed by atoms with Gasteiger partial charge in [-0.2, -0.15) is 0 Å². The molecular formula is C20H26N2O. The van der Waals surface area contributed by atoms with Gasteiger partial charge in [0.05, 0.1) is 0 Å². The van der Waals surface area contributed by atoms with Crippen molar-refractivity contribution in [3.05, 3.63) is 65.7 Å². The molecule has 0 aliphatic carbocycles. The van der Waals surface area contributed by atoms with Crippen LogP contribution in [0.2, 0.25) is 0 Å². The predicted molar refractivity (Wildman–Crippen MR) is 96.9 cm³/mol. The van der Waals surface area contributed by atoms with E-state index in [-0.39, 0.29) is 11.4 Å². The first kappa shape index (κ1) is 17.1. The van der Waals surface area contributed by atoms with Gasteiger partial charge >= 0.3 is 6.03 Å². The molecule has 2 aromatic carbocycles. The van der Waals surface area contributed by atoms with Crippen LogP contribution in [0.4, 0.5) is 10.5 Å². The smallest absolute Gasteiger partial charge is 0.319 e. The summed E-state index contributed by atoms with van der Waals surface area (Å²) in [5, 5.41) is 5.77.